The van der Waals surface area contributed by atoms with E-state index < -0.39 is 12.2 Å². The van der Waals surface area contributed by atoms with E-state index in [9.17, 15) is 15.0 Å². The number of nitrogens with one attached hydrogen (secondary N) is 1. The van der Waals surface area contributed by atoms with Crippen molar-refractivity contribution in [3.63, 3.8) is 0 Å². The first-order valence-electron chi connectivity index (χ1n) is 4.57. The smallest absolute Gasteiger partial charge is 0.270 e. The van der Waals surface area contributed by atoms with Gasteiger partial charge in [0.1, 0.15) is 5.69 Å². The van der Waals surface area contributed by atoms with E-state index in [1.54, 1.807) is 0 Å². The molecule has 1 amide bonds. The first-order chi connectivity index (χ1) is 7.08. The third-order valence-corrected chi connectivity index (χ3v) is 2.64. The molecule has 2 heterocycles. The number of hydrogen-bond donors (Lipinski definition) is 3. The van der Waals surface area contributed by atoms with Crippen molar-refractivity contribution >= 4 is 17.5 Å². The highest BCUT2D eigenvalue weighted by Crippen LogP contribution is 2.16. The Hall–Kier alpha value is -1.04. The second-order valence-electron chi connectivity index (χ2n) is 3.58. The molecule has 1 aliphatic heterocycles. The van der Waals surface area contributed by atoms with Crippen LogP contribution in [-0.2, 0) is 0 Å². The molecule has 0 radical (unpaired) electrons. The molecule has 3 N–H and O–H groups in total. The zero-order valence-corrected chi connectivity index (χ0v) is 8.61. The van der Waals surface area contributed by atoms with Gasteiger partial charge in [-0.1, -0.05) is 11.6 Å². The van der Waals surface area contributed by atoms with Gasteiger partial charge in [-0.05, 0) is 6.07 Å². The Balaban J connectivity index is 2.10. The van der Waals surface area contributed by atoms with Gasteiger partial charge in [0, 0.05) is 19.3 Å². The van der Waals surface area contributed by atoms with Crippen LogP contribution in [-0.4, -0.2) is 51.3 Å². The fourth-order valence-electron chi connectivity index (χ4n) is 1.60. The van der Waals surface area contributed by atoms with Gasteiger partial charge in [0.2, 0.25) is 0 Å². The largest absolute Gasteiger partial charge is 0.388 e. The Morgan fingerprint density at radius 3 is 2.53 bits per heavy atom. The van der Waals surface area contributed by atoms with E-state index in [0.717, 1.165) is 0 Å². The maximum Gasteiger partial charge on any atom is 0.270 e. The third-order valence-electron chi connectivity index (χ3n) is 2.42. The highest BCUT2D eigenvalue weighted by Gasteiger charge is 2.33. The maximum atomic E-state index is 11.8. The summed E-state index contributed by atoms with van der Waals surface area (Å²) in [6.07, 6.45) is -0.212. The molecule has 1 aliphatic rings. The van der Waals surface area contributed by atoms with Gasteiger partial charge in [-0.3, -0.25) is 4.79 Å². The van der Waals surface area contributed by atoms with Gasteiger partial charge in [0.15, 0.2) is 0 Å². The van der Waals surface area contributed by atoms with Gasteiger partial charge in [-0.25, -0.2) is 0 Å². The lowest BCUT2D eigenvalue weighted by Crippen LogP contribution is -2.30. The number of amides is 1. The number of carbonyl (C=O) groups excluding carboxylic acids is 1. The van der Waals surface area contributed by atoms with E-state index in [0.29, 0.717) is 10.7 Å². The number of aliphatic hydroxyl groups is 2. The van der Waals surface area contributed by atoms with Crippen molar-refractivity contribution < 1.29 is 15.0 Å². The molecule has 2 unspecified atom stereocenters. The Labute approximate surface area is 91.3 Å². The number of likely N-dealkylation sites (tertiary alicyclic amines) is 1. The first kappa shape index (κ1) is 10.5. The summed E-state index contributed by atoms with van der Waals surface area (Å²) in [6, 6.07) is 1.51. The van der Waals surface area contributed by atoms with Crippen molar-refractivity contribution in [2.45, 2.75) is 12.2 Å². The van der Waals surface area contributed by atoms with E-state index in [1.807, 2.05) is 0 Å². The normalized spacial score (nSPS) is 25.9. The first-order valence-corrected chi connectivity index (χ1v) is 4.95. The molecular weight excluding hydrogens is 220 g/mol. The Bertz CT molecular complexity index is 369. The summed E-state index contributed by atoms with van der Waals surface area (Å²) in [5, 5.41) is 19.0. The fourth-order valence-corrected chi connectivity index (χ4v) is 1.76. The van der Waals surface area contributed by atoms with Crippen LogP contribution in [0.2, 0.25) is 5.02 Å². The van der Waals surface area contributed by atoms with Crippen LogP contribution in [0.1, 0.15) is 10.5 Å². The molecule has 1 fully saturated rings. The monoisotopic (exact) mass is 230 g/mol. The average molecular weight is 231 g/mol. The Morgan fingerprint density at radius 2 is 2.07 bits per heavy atom. The summed E-state index contributed by atoms with van der Waals surface area (Å²) in [7, 11) is 0. The van der Waals surface area contributed by atoms with Crippen LogP contribution in [0.5, 0.6) is 0 Å². The molecule has 0 spiro atoms. The molecule has 5 nitrogen and oxygen atoms in total. The lowest BCUT2D eigenvalue weighted by Gasteiger charge is -2.13. The standard InChI is InChI=1S/C9H11ClN2O3/c10-5-1-6(11-2-5)9(15)12-3-7(13)8(14)4-12/h1-2,7-8,11,13-14H,3-4H2. The van der Waals surface area contributed by atoms with Crippen molar-refractivity contribution in [1.82, 2.24) is 9.88 Å². The van der Waals surface area contributed by atoms with Crippen LogP contribution in [0.25, 0.3) is 0 Å². The van der Waals surface area contributed by atoms with Crippen molar-refractivity contribution in [1.29, 1.82) is 0 Å². The van der Waals surface area contributed by atoms with Crippen LogP contribution in [0, 0.1) is 0 Å². The predicted octanol–water partition coefficient (Wildman–Crippen LogP) is -0.154. The van der Waals surface area contributed by atoms with Crippen LogP contribution < -0.4 is 0 Å². The number of aromatic amines is 1. The van der Waals surface area contributed by atoms with Gasteiger partial charge < -0.3 is 20.1 Å². The molecule has 0 aliphatic carbocycles. The number of aromatic nitrogens is 1. The average Bonchev–Trinajstić information content (AvgIpc) is 2.74. The second-order valence-corrected chi connectivity index (χ2v) is 4.01. The van der Waals surface area contributed by atoms with Crippen molar-refractivity contribution in [2.75, 3.05) is 13.1 Å². The van der Waals surface area contributed by atoms with Crippen LogP contribution in [0.3, 0.4) is 0 Å². The van der Waals surface area contributed by atoms with E-state index in [4.69, 9.17) is 11.6 Å². The molecule has 0 bridgehead atoms. The van der Waals surface area contributed by atoms with Crippen LogP contribution in [0.4, 0.5) is 0 Å². The third kappa shape index (κ3) is 1.99. The number of carbonyl (C=O) groups is 1. The van der Waals surface area contributed by atoms with Crippen molar-refractivity contribution in [3.8, 4) is 0 Å². The number of aliphatic hydroxyl groups excluding tert-OH is 2. The lowest BCUT2D eigenvalue weighted by atomic mass is 10.3. The number of β-amino-alcohol motifs (C(OH)–C–C–N with tert-alkyl or cyclic N) is 2. The molecule has 1 saturated heterocycles. The number of halogens is 1. The quantitative estimate of drug-likeness (QED) is 0.628. The SMILES string of the molecule is O=C(c1cc(Cl)c[nH]1)N1CC(O)C(O)C1. The zero-order chi connectivity index (χ0) is 11.0. The van der Waals surface area contributed by atoms with Gasteiger partial charge in [0.05, 0.1) is 17.2 Å². The number of hydrogen-bond acceptors (Lipinski definition) is 3. The van der Waals surface area contributed by atoms with E-state index >= 15 is 0 Å². The minimum absolute atomic E-state index is 0.149. The van der Waals surface area contributed by atoms with Crippen LogP contribution in [0.15, 0.2) is 12.3 Å². The molecular formula is C9H11ClN2O3. The van der Waals surface area contributed by atoms with Gasteiger partial charge in [-0.15, -0.1) is 0 Å². The molecule has 1 aromatic heterocycles. The minimum Gasteiger partial charge on any atom is -0.388 e. The molecule has 15 heavy (non-hydrogen) atoms. The highest BCUT2D eigenvalue weighted by molar-refractivity contribution is 6.30. The summed E-state index contributed by atoms with van der Waals surface area (Å²) < 4.78 is 0. The number of H-pyrrole nitrogens is 1. The molecule has 0 aromatic carbocycles. The van der Waals surface area contributed by atoms with E-state index in [2.05, 4.69) is 4.98 Å². The predicted molar refractivity (Wildman–Crippen MR) is 53.7 cm³/mol. The topological polar surface area (TPSA) is 76.6 Å². The molecule has 2 rings (SSSR count). The summed E-state index contributed by atoms with van der Waals surface area (Å²) in [5.41, 5.74) is 0.362. The summed E-state index contributed by atoms with van der Waals surface area (Å²) in [5.74, 6) is -0.266. The summed E-state index contributed by atoms with van der Waals surface area (Å²) in [4.78, 5) is 15.9. The summed E-state index contributed by atoms with van der Waals surface area (Å²) >= 11 is 5.67. The molecule has 82 valence electrons. The molecule has 0 saturated carbocycles. The van der Waals surface area contributed by atoms with Gasteiger partial charge >= 0.3 is 0 Å². The lowest BCUT2D eigenvalue weighted by molar-refractivity contribution is 0.0572. The molecule has 1 aromatic rings. The van der Waals surface area contributed by atoms with Gasteiger partial charge in [0.25, 0.3) is 5.91 Å². The highest BCUT2D eigenvalue weighted by atomic mass is 35.5. The number of rotatable bonds is 1. The molecule has 2 atom stereocenters. The Kier molecular flexibility index (Phi) is 2.68. The Morgan fingerprint density at radius 1 is 1.47 bits per heavy atom. The minimum atomic E-state index is -0.862. The van der Waals surface area contributed by atoms with E-state index in [1.165, 1.54) is 17.2 Å². The number of nitrogens with zero attached hydrogens (tertiary/aromatic N) is 1. The van der Waals surface area contributed by atoms with Gasteiger partial charge in [-0.2, -0.15) is 0 Å². The maximum absolute atomic E-state index is 11.8. The van der Waals surface area contributed by atoms with Crippen LogP contribution >= 0.6 is 11.6 Å². The fraction of sp³-hybridized carbons (Fsp3) is 0.444. The second kappa shape index (κ2) is 3.84. The molecule has 6 heteroatoms. The summed E-state index contributed by atoms with van der Waals surface area (Å²) in [6.45, 7) is 0.299. The van der Waals surface area contributed by atoms with E-state index in [-0.39, 0.29) is 19.0 Å². The van der Waals surface area contributed by atoms with Crippen molar-refractivity contribution in [2.24, 2.45) is 0 Å². The zero-order valence-electron chi connectivity index (χ0n) is 7.85. The van der Waals surface area contributed by atoms with Crippen molar-refractivity contribution in [3.05, 3.63) is 23.0 Å².